The Hall–Kier alpha value is -1.81. The van der Waals surface area contributed by atoms with Crippen molar-refractivity contribution in [3.63, 3.8) is 0 Å². The van der Waals surface area contributed by atoms with Gasteiger partial charge in [-0.2, -0.15) is 0 Å². The van der Waals surface area contributed by atoms with Crippen LogP contribution in [0.5, 0.6) is 0 Å². The minimum atomic E-state index is -1.04. The highest BCUT2D eigenvalue weighted by atomic mass is 35.5. The summed E-state index contributed by atoms with van der Waals surface area (Å²) >= 11 is 6.03. The van der Waals surface area contributed by atoms with E-state index in [1.807, 2.05) is 0 Å². The second-order valence-corrected chi connectivity index (χ2v) is 5.32. The first kappa shape index (κ1) is 14.6. The van der Waals surface area contributed by atoms with Crippen molar-refractivity contribution in [2.75, 3.05) is 6.54 Å². The Morgan fingerprint density at radius 2 is 2.15 bits per heavy atom. The molecule has 2 rings (SSSR count). The van der Waals surface area contributed by atoms with Crippen LogP contribution in [0.3, 0.4) is 0 Å². The minimum Gasteiger partial charge on any atom is -0.478 e. The van der Waals surface area contributed by atoms with E-state index < -0.39 is 5.97 Å². The predicted octanol–water partition coefficient (Wildman–Crippen LogP) is 2.97. The van der Waals surface area contributed by atoms with Crippen LogP contribution in [0.4, 0.5) is 0 Å². The summed E-state index contributed by atoms with van der Waals surface area (Å²) in [7, 11) is 0. The van der Waals surface area contributed by atoms with Gasteiger partial charge in [0.1, 0.15) is 0 Å². The molecule has 1 saturated carbocycles. The molecule has 0 spiro atoms. The van der Waals surface area contributed by atoms with Gasteiger partial charge in [-0.1, -0.05) is 24.1 Å². The van der Waals surface area contributed by atoms with Crippen molar-refractivity contribution in [1.82, 2.24) is 5.32 Å². The highest BCUT2D eigenvalue weighted by molar-refractivity contribution is 6.32. The molecule has 0 radical (unpaired) electrons. The number of carbonyl (C=O) groups excluding carboxylic acids is 1. The average molecular weight is 294 g/mol. The lowest BCUT2D eigenvalue weighted by Crippen LogP contribution is -2.32. The zero-order valence-corrected chi connectivity index (χ0v) is 11.7. The number of carbonyl (C=O) groups is 2. The third kappa shape index (κ3) is 3.84. The molecule has 1 aliphatic carbocycles. The number of benzene rings is 1. The number of carboxylic acids is 1. The van der Waals surface area contributed by atoms with Crippen molar-refractivity contribution in [1.29, 1.82) is 0 Å². The maximum absolute atomic E-state index is 11.9. The maximum Gasteiger partial charge on any atom is 0.328 e. The summed E-state index contributed by atoms with van der Waals surface area (Å²) < 4.78 is 0. The zero-order valence-electron chi connectivity index (χ0n) is 10.9. The number of halogens is 1. The third-order valence-electron chi connectivity index (χ3n) is 3.44. The number of nitrogens with one attached hydrogen (secondary N) is 1. The van der Waals surface area contributed by atoms with Crippen LogP contribution in [0.15, 0.2) is 24.3 Å². The van der Waals surface area contributed by atoms with Gasteiger partial charge in [-0.15, -0.1) is 0 Å². The topological polar surface area (TPSA) is 66.4 Å². The fourth-order valence-corrected chi connectivity index (χ4v) is 2.24. The normalized spacial score (nSPS) is 15.1. The molecule has 5 heteroatoms. The Morgan fingerprint density at radius 3 is 2.70 bits per heavy atom. The van der Waals surface area contributed by atoms with Gasteiger partial charge in [-0.05, 0) is 42.5 Å². The quantitative estimate of drug-likeness (QED) is 0.820. The van der Waals surface area contributed by atoms with E-state index in [-0.39, 0.29) is 5.91 Å². The Bertz CT molecular complexity index is 550. The predicted molar refractivity (Wildman–Crippen MR) is 77.8 cm³/mol. The van der Waals surface area contributed by atoms with E-state index in [0.717, 1.165) is 6.08 Å². The Kier molecular flexibility index (Phi) is 4.79. The number of rotatable bonds is 5. The first-order valence-electron chi connectivity index (χ1n) is 6.55. The lowest BCUT2D eigenvalue weighted by molar-refractivity contribution is -0.131. The van der Waals surface area contributed by atoms with Crippen molar-refractivity contribution in [3.05, 3.63) is 40.4 Å². The monoisotopic (exact) mass is 293 g/mol. The highest BCUT2D eigenvalue weighted by Gasteiger charge is 2.18. The molecule has 1 aliphatic rings. The van der Waals surface area contributed by atoms with E-state index in [9.17, 15) is 9.59 Å². The molecule has 0 bridgehead atoms. The van der Waals surface area contributed by atoms with Gasteiger partial charge in [0.15, 0.2) is 0 Å². The van der Waals surface area contributed by atoms with Gasteiger partial charge < -0.3 is 10.4 Å². The molecule has 0 saturated heterocycles. The molecule has 0 unspecified atom stereocenters. The molecular formula is C15H16ClNO3. The van der Waals surface area contributed by atoms with Gasteiger partial charge in [0.05, 0.1) is 0 Å². The van der Waals surface area contributed by atoms with Crippen LogP contribution >= 0.6 is 11.6 Å². The molecule has 2 N–H and O–H groups in total. The molecule has 1 aromatic rings. The van der Waals surface area contributed by atoms with Gasteiger partial charge in [-0.3, -0.25) is 4.79 Å². The van der Waals surface area contributed by atoms with Crippen molar-refractivity contribution in [2.24, 2.45) is 5.92 Å². The first-order chi connectivity index (χ1) is 9.56. The zero-order chi connectivity index (χ0) is 14.5. The van der Waals surface area contributed by atoms with E-state index in [0.29, 0.717) is 28.6 Å². The second kappa shape index (κ2) is 6.57. The van der Waals surface area contributed by atoms with Crippen LogP contribution in [-0.4, -0.2) is 23.5 Å². The van der Waals surface area contributed by atoms with E-state index in [1.54, 1.807) is 18.2 Å². The Morgan fingerprint density at radius 1 is 1.40 bits per heavy atom. The van der Waals surface area contributed by atoms with Crippen LogP contribution < -0.4 is 5.32 Å². The summed E-state index contributed by atoms with van der Waals surface area (Å²) in [5.41, 5.74) is 1.06. The van der Waals surface area contributed by atoms with Crippen molar-refractivity contribution in [2.45, 2.75) is 19.3 Å². The fraction of sp³-hybridized carbons (Fsp3) is 0.333. The number of hydrogen-bond donors (Lipinski definition) is 2. The van der Waals surface area contributed by atoms with Crippen LogP contribution in [-0.2, 0) is 4.79 Å². The molecule has 1 amide bonds. The van der Waals surface area contributed by atoms with Crippen LogP contribution in [0, 0.1) is 5.92 Å². The summed E-state index contributed by atoms with van der Waals surface area (Å²) in [6.07, 6.45) is 6.02. The van der Waals surface area contributed by atoms with Crippen molar-refractivity contribution < 1.29 is 14.7 Å². The lowest BCUT2D eigenvalue weighted by atomic mass is 9.85. The number of amides is 1. The Labute approximate surface area is 122 Å². The van der Waals surface area contributed by atoms with Gasteiger partial charge in [-0.25, -0.2) is 4.79 Å². The lowest BCUT2D eigenvalue weighted by Gasteiger charge is -2.25. The highest BCUT2D eigenvalue weighted by Crippen LogP contribution is 2.25. The molecule has 0 aromatic heterocycles. The summed E-state index contributed by atoms with van der Waals surface area (Å²) in [6.45, 7) is 0.705. The largest absolute Gasteiger partial charge is 0.478 e. The second-order valence-electron chi connectivity index (χ2n) is 4.91. The van der Waals surface area contributed by atoms with Gasteiger partial charge in [0, 0.05) is 23.2 Å². The minimum absolute atomic E-state index is 0.146. The summed E-state index contributed by atoms with van der Waals surface area (Å²) in [5, 5.41) is 11.8. The van der Waals surface area contributed by atoms with Gasteiger partial charge in [0.2, 0.25) is 0 Å². The summed E-state index contributed by atoms with van der Waals surface area (Å²) in [6, 6.07) is 4.84. The third-order valence-corrected chi connectivity index (χ3v) is 3.77. The average Bonchev–Trinajstić information content (AvgIpc) is 2.35. The number of hydrogen-bond acceptors (Lipinski definition) is 2. The number of aliphatic carboxylic acids is 1. The number of carboxylic acid groups (broad SMARTS) is 1. The van der Waals surface area contributed by atoms with Gasteiger partial charge in [0.25, 0.3) is 5.91 Å². The van der Waals surface area contributed by atoms with E-state index in [1.165, 1.54) is 25.3 Å². The molecule has 1 aromatic carbocycles. The fourth-order valence-electron chi connectivity index (χ4n) is 2.00. The van der Waals surface area contributed by atoms with Crippen LogP contribution in [0.25, 0.3) is 6.08 Å². The smallest absolute Gasteiger partial charge is 0.328 e. The van der Waals surface area contributed by atoms with E-state index in [2.05, 4.69) is 5.32 Å². The van der Waals surface area contributed by atoms with Crippen molar-refractivity contribution >= 4 is 29.6 Å². The van der Waals surface area contributed by atoms with E-state index in [4.69, 9.17) is 16.7 Å². The SMILES string of the molecule is O=C(O)/C=C/c1ccc(C(=O)NCC2CCC2)cc1Cl. The van der Waals surface area contributed by atoms with E-state index >= 15 is 0 Å². The molecule has 106 valence electrons. The molecule has 1 fully saturated rings. The van der Waals surface area contributed by atoms with Crippen LogP contribution in [0.2, 0.25) is 5.02 Å². The molecule has 20 heavy (non-hydrogen) atoms. The molecule has 0 heterocycles. The molecule has 0 aliphatic heterocycles. The maximum atomic E-state index is 11.9. The van der Waals surface area contributed by atoms with Gasteiger partial charge >= 0.3 is 5.97 Å². The molecular weight excluding hydrogens is 278 g/mol. The first-order valence-corrected chi connectivity index (χ1v) is 6.93. The standard InChI is InChI=1S/C15H16ClNO3/c16-13-8-12(5-4-11(13)6-7-14(18)19)15(20)17-9-10-2-1-3-10/h4-8,10H,1-3,9H2,(H,17,20)(H,18,19)/b7-6+. The Balaban J connectivity index is 1.99. The molecule has 4 nitrogen and oxygen atoms in total. The molecule has 0 atom stereocenters. The van der Waals surface area contributed by atoms with Crippen LogP contribution in [0.1, 0.15) is 35.2 Å². The summed E-state index contributed by atoms with van der Waals surface area (Å²) in [4.78, 5) is 22.4. The van der Waals surface area contributed by atoms with Crippen molar-refractivity contribution in [3.8, 4) is 0 Å². The summed E-state index contributed by atoms with van der Waals surface area (Å²) in [5.74, 6) is -0.580.